The number of hydrogen-bond donors (Lipinski definition) is 1. The van der Waals surface area contributed by atoms with Crippen LogP contribution in [0, 0.1) is 0 Å². The van der Waals surface area contributed by atoms with Gasteiger partial charge < -0.3 is 5.11 Å². The Morgan fingerprint density at radius 3 is 2.57 bits per heavy atom. The maximum absolute atomic E-state index is 11.3. The first kappa shape index (κ1) is 11.1. The topological polar surface area (TPSA) is 37.3 Å². The zero-order valence-electron chi connectivity index (χ0n) is 7.98. The van der Waals surface area contributed by atoms with Gasteiger partial charge >= 0.3 is 0 Å². The van der Waals surface area contributed by atoms with Crippen molar-refractivity contribution < 1.29 is 9.32 Å². The first-order chi connectivity index (χ1) is 6.74. The molecule has 0 aliphatic carbocycles. The fourth-order valence-corrected chi connectivity index (χ4v) is 2.03. The van der Waals surface area contributed by atoms with E-state index in [1.165, 1.54) is 0 Å². The quantitative estimate of drug-likeness (QED) is 0.798. The molecule has 2 nitrogen and oxygen atoms in total. The number of rotatable bonds is 5. The Bertz CT molecular complexity index is 319. The Balaban J connectivity index is 2.55. The second kappa shape index (κ2) is 5.73. The van der Waals surface area contributed by atoms with Crippen LogP contribution in [-0.2, 0) is 10.8 Å². The average molecular weight is 210 g/mol. The summed E-state index contributed by atoms with van der Waals surface area (Å²) >= 11 is 0. The molecule has 0 radical (unpaired) electrons. The van der Waals surface area contributed by atoms with Crippen LogP contribution in [0.25, 0.3) is 5.57 Å². The second-order valence-electron chi connectivity index (χ2n) is 2.98. The minimum absolute atomic E-state index is 0.0331. The van der Waals surface area contributed by atoms with Crippen LogP contribution in [0.1, 0.15) is 5.56 Å². The van der Waals surface area contributed by atoms with Crippen molar-refractivity contribution in [3.8, 4) is 0 Å². The van der Waals surface area contributed by atoms with Gasteiger partial charge in [-0.3, -0.25) is 4.21 Å². The van der Waals surface area contributed by atoms with Crippen molar-refractivity contribution in [2.75, 3.05) is 18.1 Å². The van der Waals surface area contributed by atoms with Crippen molar-refractivity contribution in [1.29, 1.82) is 0 Å². The molecule has 1 N–H and O–H groups in total. The van der Waals surface area contributed by atoms with Gasteiger partial charge in [-0.05, 0) is 11.1 Å². The van der Waals surface area contributed by atoms with Gasteiger partial charge in [0.2, 0.25) is 0 Å². The number of hydrogen-bond acceptors (Lipinski definition) is 2. The third kappa shape index (κ3) is 3.44. The third-order valence-corrected chi connectivity index (χ3v) is 3.14. The molecule has 0 fully saturated rings. The summed E-state index contributed by atoms with van der Waals surface area (Å²) in [6, 6.07) is 9.67. The minimum Gasteiger partial charge on any atom is -0.395 e. The summed E-state index contributed by atoms with van der Waals surface area (Å²) in [6.45, 7) is 3.84. The number of aliphatic hydroxyl groups excluding tert-OH is 1. The molecule has 0 heterocycles. The largest absolute Gasteiger partial charge is 0.395 e. The Hall–Kier alpha value is -0.930. The van der Waals surface area contributed by atoms with Crippen LogP contribution in [0.4, 0.5) is 0 Å². The van der Waals surface area contributed by atoms with Gasteiger partial charge in [0.25, 0.3) is 0 Å². The van der Waals surface area contributed by atoms with Crippen LogP contribution in [0.5, 0.6) is 0 Å². The van der Waals surface area contributed by atoms with Crippen LogP contribution < -0.4 is 0 Å². The van der Waals surface area contributed by atoms with Crippen LogP contribution in [0.15, 0.2) is 36.9 Å². The van der Waals surface area contributed by atoms with Crippen LogP contribution in [0.2, 0.25) is 0 Å². The SMILES string of the molecule is C=C(CS(=O)CCO)c1ccccc1. The van der Waals surface area contributed by atoms with Crippen molar-refractivity contribution in [2.24, 2.45) is 0 Å². The molecular formula is C11H14O2S. The lowest BCUT2D eigenvalue weighted by molar-refractivity contribution is 0.321. The van der Waals surface area contributed by atoms with Crippen molar-refractivity contribution in [3.63, 3.8) is 0 Å². The molecule has 0 spiro atoms. The van der Waals surface area contributed by atoms with Crippen molar-refractivity contribution in [1.82, 2.24) is 0 Å². The van der Waals surface area contributed by atoms with Gasteiger partial charge in [0, 0.05) is 22.3 Å². The first-order valence-electron chi connectivity index (χ1n) is 4.43. The van der Waals surface area contributed by atoms with E-state index >= 15 is 0 Å². The molecule has 0 aromatic heterocycles. The van der Waals surface area contributed by atoms with Crippen molar-refractivity contribution >= 4 is 16.4 Å². The third-order valence-electron chi connectivity index (χ3n) is 1.84. The molecule has 1 rings (SSSR count). The highest BCUT2D eigenvalue weighted by Gasteiger charge is 2.03. The summed E-state index contributed by atoms with van der Waals surface area (Å²) in [7, 11) is -1.00. The summed E-state index contributed by atoms with van der Waals surface area (Å²) in [6.07, 6.45) is 0. The summed E-state index contributed by atoms with van der Waals surface area (Å²) in [5.41, 5.74) is 1.87. The van der Waals surface area contributed by atoms with Gasteiger partial charge in [0.05, 0.1) is 6.61 Å². The molecule has 0 aliphatic rings. The van der Waals surface area contributed by atoms with E-state index in [0.29, 0.717) is 11.5 Å². The maximum Gasteiger partial charge on any atom is 0.0546 e. The smallest absolute Gasteiger partial charge is 0.0546 e. The Labute approximate surface area is 86.7 Å². The lowest BCUT2D eigenvalue weighted by atomic mass is 10.1. The van der Waals surface area contributed by atoms with Gasteiger partial charge in [-0.2, -0.15) is 0 Å². The van der Waals surface area contributed by atoms with E-state index in [9.17, 15) is 4.21 Å². The molecule has 0 amide bonds. The molecule has 1 aromatic rings. The zero-order valence-corrected chi connectivity index (χ0v) is 8.80. The van der Waals surface area contributed by atoms with Crippen molar-refractivity contribution in [2.45, 2.75) is 0 Å². The predicted molar refractivity (Wildman–Crippen MR) is 60.4 cm³/mol. The highest BCUT2D eigenvalue weighted by atomic mass is 32.2. The van der Waals surface area contributed by atoms with E-state index in [1.54, 1.807) is 0 Å². The van der Waals surface area contributed by atoms with Gasteiger partial charge in [0.15, 0.2) is 0 Å². The second-order valence-corrected chi connectivity index (χ2v) is 4.56. The van der Waals surface area contributed by atoms with E-state index in [2.05, 4.69) is 6.58 Å². The van der Waals surface area contributed by atoms with Crippen LogP contribution in [0.3, 0.4) is 0 Å². The fraction of sp³-hybridized carbons (Fsp3) is 0.273. The zero-order chi connectivity index (χ0) is 10.4. The maximum atomic E-state index is 11.3. The van der Waals surface area contributed by atoms with E-state index in [4.69, 9.17) is 5.11 Å². The molecule has 1 atom stereocenters. The van der Waals surface area contributed by atoms with Gasteiger partial charge in [-0.15, -0.1) is 0 Å². The highest BCUT2D eigenvalue weighted by Crippen LogP contribution is 2.12. The molecular weight excluding hydrogens is 196 g/mol. The highest BCUT2D eigenvalue weighted by molar-refractivity contribution is 7.85. The molecule has 1 aromatic carbocycles. The van der Waals surface area contributed by atoms with Gasteiger partial charge in [0.1, 0.15) is 0 Å². The Kier molecular flexibility index (Phi) is 4.56. The summed E-state index contributed by atoms with van der Waals surface area (Å²) < 4.78 is 11.3. The molecule has 1 unspecified atom stereocenters. The van der Waals surface area contributed by atoms with E-state index in [1.807, 2.05) is 30.3 Å². The molecule has 14 heavy (non-hydrogen) atoms. The fourth-order valence-electron chi connectivity index (χ4n) is 1.13. The lowest BCUT2D eigenvalue weighted by Crippen LogP contribution is -2.07. The summed E-state index contributed by atoms with van der Waals surface area (Å²) in [5.74, 6) is 0.760. The monoisotopic (exact) mass is 210 g/mol. The van der Waals surface area contributed by atoms with Crippen LogP contribution >= 0.6 is 0 Å². The normalized spacial score (nSPS) is 12.4. The van der Waals surface area contributed by atoms with E-state index in [-0.39, 0.29) is 6.61 Å². The molecule has 0 aliphatic heterocycles. The lowest BCUT2D eigenvalue weighted by Gasteiger charge is -2.04. The summed E-state index contributed by atoms with van der Waals surface area (Å²) in [5, 5.41) is 8.60. The molecule has 76 valence electrons. The van der Waals surface area contributed by atoms with E-state index < -0.39 is 10.8 Å². The van der Waals surface area contributed by atoms with Gasteiger partial charge in [-0.25, -0.2) is 0 Å². The van der Waals surface area contributed by atoms with Gasteiger partial charge in [-0.1, -0.05) is 36.9 Å². The first-order valence-corrected chi connectivity index (χ1v) is 5.92. The number of benzene rings is 1. The Morgan fingerprint density at radius 2 is 2.00 bits per heavy atom. The molecule has 3 heteroatoms. The van der Waals surface area contributed by atoms with Crippen LogP contribution in [-0.4, -0.2) is 27.4 Å². The number of aliphatic hydroxyl groups is 1. The average Bonchev–Trinajstić information content (AvgIpc) is 2.19. The predicted octanol–water partition coefficient (Wildman–Crippen LogP) is 1.44. The standard InChI is InChI=1S/C11H14O2S/c1-10(9-14(13)8-7-12)11-5-3-2-4-6-11/h2-6,12H,1,7-9H2. The molecule has 0 saturated carbocycles. The Morgan fingerprint density at radius 1 is 1.36 bits per heavy atom. The summed E-state index contributed by atoms with van der Waals surface area (Å²) in [4.78, 5) is 0. The minimum atomic E-state index is -1.00. The molecule has 0 bridgehead atoms. The van der Waals surface area contributed by atoms with E-state index in [0.717, 1.165) is 11.1 Å². The van der Waals surface area contributed by atoms with Crippen molar-refractivity contribution in [3.05, 3.63) is 42.5 Å². The molecule has 0 saturated heterocycles.